The molecule has 0 fully saturated rings. The Morgan fingerprint density at radius 3 is 2.62 bits per heavy atom. The van der Waals surface area contributed by atoms with E-state index in [0.717, 1.165) is 18.8 Å². The summed E-state index contributed by atoms with van der Waals surface area (Å²) in [5.74, 6) is -0.833. The van der Waals surface area contributed by atoms with E-state index in [1.54, 1.807) is 11.3 Å². The number of carboxylic acid groups (broad SMARTS) is 1. The Hall–Kier alpha value is -2.69. The fraction of sp³-hybridized carbons (Fsp3) is 0.346. The van der Waals surface area contributed by atoms with Crippen LogP contribution in [0, 0.1) is 0 Å². The van der Waals surface area contributed by atoms with Gasteiger partial charge >= 0.3 is 171 Å². The van der Waals surface area contributed by atoms with E-state index in [2.05, 4.69) is 48.2 Å². The first kappa shape index (κ1) is 21.2. The molecule has 3 heterocycles. The zero-order chi connectivity index (χ0) is 22.2. The van der Waals surface area contributed by atoms with E-state index >= 15 is 0 Å². The molecule has 2 aromatic rings. The van der Waals surface area contributed by atoms with Gasteiger partial charge in [0.25, 0.3) is 5.97 Å². The van der Waals surface area contributed by atoms with Gasteiger partial charge in [-0.3, -0.25) is 4.79 Å². The number of nitrogens with zero attached hydrogens (tertiary/aromatic N) is 3. The normalized spacial score (nSPS) is 15.6. The van der Waals surface area contributed by atoms with Gasteiger partial charge in [-0.25, -0.2) is 0 Å². The van der Waals surface area contributed by atoms with Crippen LogP contribution in [0.4, 0.5) is 5.69 Å². The van der Waals surface area contributed by atoms with Crippen LogP contribution in [0.2, 0.25) is 0 Å². The maximum atomic E-state index is 9.00. The van der Waals surface area contributed by atoms with Gasteiger partial charge in [0.05, 0.1) is 0 Å². The number of anilines is 1. The zero-order valence-electron chi connectivity index (χ0n) is 18.5. The Kier molecular flexibility index (Phi) is 5.74. The van der Waals surface area contributed by atoms with Crippen molar-refractivity contribution in [2.45, 2.75) is 39.5 Å². The Labute approximate surface area is 193 Å². The molecule has 6 rings (SSSR count). The fourth-order valence-corrected chi connectivity index (χ4v) is 7.51. The molecule has 0 spiro atoms. The van der Waals surface area contributed by atoms with Crippen LogP contribution in [-0.2, 0) is 17.6 Å². The Bertz CT molecular complexity index is 1370. The van der Waals surface area contributed by atoms with Crippen molar-refractivity contribution in [3.63, 3.8) is 0 Å². The van der Waals surface area contributed by atoms with Gasteiger partial charge in [0.2, 0.25) is 0 Å². The van der Waals surface area contributed by atoms with Crippen molar-refractivity contribution in [1.82, 2.24) is 4.98 Å². The van der Waals surface area contributed by atoms with E-state index < -0.39 is 5.97 Å². The van der Waals surface area contributed by atoms with Gasteiger partial charge < -0.3 is 5.11 Å². The number of carbonyl (C=O) groups is 1. The second-order valence-electron chi connectivity index (χ2n) is 8.40. The number of aromatic nitrogens is 1. The zero-order valence-corrected chi connectivity index (χ0v) is 20.2. The number of aryl methyl sites for hydroxylation is 2. The standard InChI is InChI=1S/C24H23N3Se.C2H4O2/c1-2-25-19-14-21-22(17-9-4-3-8-16(17)19)26-20-13-15-7-5-11-27-12-6-10-18(23(15)27)24(20)28-21;1-2(3)4/h3-4,8-9,13-14H,2,5-7,10-12H2,1H3;1H3,(H,3,4). The molecule has 0 radical (unpaired) electrons. The third-order valence-corrected chi connectivity index (χ3v) is 8.68. The molecule has 4 aliphatic rings. The van der Waals surface area contributed by atoms with Crippen LogP contribution in [0.3, 0.4) is 0 Å². The summed E-state index contributed by atoms with van der Waals surface area (Å²) in [5.41, 5.74) is 7.14. The van der Waals surface area contributed by atoms with Gasteiger partial charge in [-0.05, 0) is 0 Å². The first-order valence-electron chi connectivity index (χ1n) is 11.3. The Morgan fingerprint density at radius 1 is 1.16 bits per heavy atom. The van der Waals surface area contributed by atoms with Gasteiger partial charge in [-0.1, -0.05) is 0 Å². The van der Waals surface area contributed by atoms with Crippen LogP contribution in [0.25, 0.3) is 30.7 Å². The molecular formula is C26H27N3O2Se. The van der Waals surface area contributed by atoms with Crippen LogP contribution in [0.5, 0.6) is 0 Å². The van der Waals surface area contributed by atoms with Crippen molar-refractivity contribution >= 4 is 46.7 Å². The van der Waals surface area contributed by atoms with Crippen LogP contribution in [0.15, 0.2) is 41.4 Å². The van der Waals surface area contributed by atoms with Gasteiger partial charge in [0, 0.05) is 6.92 Å². The van der Waals surface area contributed by atoms with E-state index in [-0.39, 0.29) is 0 Å². The molecule has 1 aliphatic carbocycles. The molecule has 2 aromatic carbocycles. The number of benzene rings is 3. The third kappa shape index (κ3) is 3.72. The minimum atomic E-state index is -0.833. The first-order chi connectivity index (χ1) is 15.6. The van der Waals surface area contributed by atoms with Crippen molar-refractivity contribution < 1.29 is 9.90 Å². The van der Waals surface area contributed by atoms with Crippen molar-refractivity contribution in [3.8, 4) is 10.1 Å². The molecule has 0 unspecified atom stereocenters. The summed E-state index contributed by atoms with van der Waals surface area (Å²) in [6, 6.07) is 13.4. The summed E-state index contributed by atoms with van der Waals surface area (Å²) in [6.07, 6.45) is 4.97. The molecule has 164 valence electrons. The van der Waals surface area contributed by atoms with Gasteiger partial charge in [-0.15, -0.1) is 0 Å². The molecule has 3 aliphatic heterocycles. The number of hydrogen-bond donors (Lipinski definition) is 1. The number of aliphatic carboxylic acids is 1. The minimum absolute atomic E-state index is 0.291. The quantitative estimate of drug-likeness (QED) is 0.245. The molecule has 32 heavy (non-hydrogen) atoms. The average Bonchev–Trinajstić information content (AvgIpc) is 2.79. The summed E-state index contributed by atoms with van der Waals surface area (Å²) < 4.78 is 2.93. The molecule has 0 saturated heterocycles. The summed E-state index contributed by atoms with van der Waals surface area (Å²) in [5, 5.41) is 11.0. The monoisotopic (exact) mass is 493 g/mol. The number of hydrogen-bond acceptors (Lipinski definition) is 4. The predicted molar refractivity (Wildman–Crippen MR) is 131 cm³/mol. The molecule has 6 heteroatoms. The maximum absolute atomic E-state index is 9.00. The molecule has 0 amide bonds. The number of fused-ring (bicyclic) bond motifs is 5. The SMILES string of the molecule is CC(=O)O.CCN=c1cc2[se]c3c4c5c(cc3nc-2c2ccccc12)CCCN5CCC4. The van der Waals surface area contributed by atoms with Gasteiger partial charge in [-0.2, -0.15) is 0 Å². The topological polar surface area (TPSA) is 65.8 Å². The van der Waals surface area contributed by atoms with Crippen molar-refractivity contribution in [3.05, 3.63) is 52.9 Å². The van der Waals surface area contributed by atoms with Crippen molar-refractivity contribution in [1.29, 1.82) is 0 Å². The molecule has 0 bridgehead atoms. The number of rotatable bonds is 1. The van der Waals surface area contributed by atoms with Crippen molar-refractivity contribution in [2.75, 3.05) is 24.5 Å². The molecular weight excluding hydrogens is 465 g/mol. The molecule has 0 aromatic heterocycles. The van der Waals surface area contributed by atoms with E-state index in [1.807, 2.05) is 0 Å². The molecule has 5 nitrogen and oxygen atoms in total. The van der Waals surface area contributed by atoms with Gasteiger partial charge in [0.1, 0.15) is 0 Å². The predicted octanol–water partition coefficient (Wildman–Crippen LogP) is 4.26. The third-order valence-electron chi connectivity index (χ3n) is 6.18. The van der Waals surface area contributed by atoms with Crippen LogP contribution < -0.4 is 10.3 Å². The van der Waals surface area contributed by atoms with Crippen LogP contribution >= 0.6 is 0 Å². The van der Waals surface area contributed by atoms with Crippen LogP contribution in [-0.4, -0.2) is 50.2 Å². The van der Waals surface area contributed by atoms with E-state index in [0.29, 0.717) is 14.5 Å². The summed E-state index contributed by atoms with van der Waals surface area (Å²) in [4.78, 5) is 21.7. The second-order valence-corrected chi connectivity index (χ2v) is 10.6. The fourth-order valence-electron chi connectivity index (χ4n) is 5.05. The number of carboxylic acids is 1. The Morgan fingerprint density at radius 2 is 1.88 bits per heavy atom. The van der Waals surface area contributed by atoms with E-state index in [9.17, 15) is 0 Å². The van der Waals surface area contributed by atoms with Gasteiger partial charge in [0.15, 0.2) is 0 Å². The Balaban J connectivity index is 0.000000501. The second kappa shape index (κ2) is 8.68. The summed E-state index contributed by atoms with van der Waals surface area (Å²) in [7, 11) is 0. The molecule has 1 N–H and O–H groups in total. The average molecular weight is 492 g/mol. The van der Waals surface area contributed by atoms with Crippen LogP contribution in [0.1, 0.15) is 37.8 Å². The molecule has 0 atom stereocenters. The molecule has 0 saturated carbocycles. The van der Waals surface area contributed by atoms with E-state index in [4.69, 9.17) is 19.9 Å². The first-order valence-corrected chi connectivity index (χ1v) is 13.0. The van der Waals surface area contributed by atoms with E-state index in [1.165, 1.54) is 75.0 Å². The summed E-state index contributed by atoms with van der Waals surface area (Å²) >= 11 is 0.291. The van der Waals surface area contributed by atoms with Crippen molar-refractivity contribution in [2.24, 2.45) is 4.99 Å². The summed E-state index contributed by atoms with van der Waals surface area (Å²) in [6.45, 7) is 6.47.